The highest BCUT2D eigenvalue weighted by atomic mass is 35.5. The lowest BCUT2D eigenvalue weighted by Gasteiger charge is -2.02. The zero-order valence-electron chi connectivity index (χ0n) is 8.10. The Labute approximate surface area is 92.9 Å². The average Bonchev–Trinajstić information content (AvgIpc) is 2.63. The number of aliphatic hydroxyl groups is 1. The zero-order valence-corrected chi connectivity index (χ0v) is 8.85. The monoisotopic (exact) mass is 222 g/mol. The molecule has 0 aliphatic carbocycles. The van der Waals surface area contributed by atoms with Crippen LogP contribution in [0.5, 0.6) is 0 Å². The molecule has 1 N–H and O–H groups in total. The smallest absolute Gasteiger partial charge is 0.136 e. The Morgan fingerprint density at radius 1 is 1.27 bits per heavy atom. The van der Waals surface area contributed by atoms with Crippen molar-refractivity contribution in [2.24, 2.45) is 0 Å². The van der Waals surface area contributed by atoms with Gasteiger partial charge in [0.25, 0.3) is 0 Å². The van der Waals surface area contributed by atoms with Crippen molar-refractivity contribution in [1.82, 2.24) is 9.78 Å². The lowest BCUT2D eigenvalue weighted by molar-refractivity contribution is 0.299. The van der Waals surface area contributed by atoms with Crippen LogP contribution < -0.4 is 0 Å². The molecule has 0 saturated carbocycles. The molecule has 0 spiro atoms. The van der Waals surface area contributed by atoms with Gasteiger partial charge in [0.2, 0.25) is 0 Å². The molecule has 0 saturated heterocycles. The minimum Gasteiger partial charge on any atom is -0.396 e. The molecule has 2 aromatic rings. The predicted octanol–water partition coefficient (Wildman–Crippen LogP) is 2.06. The van der Waals surface area contributed by atoms with Gasteiger partial charge in [-0.25, -0.2) is 4.68 Å². The molecule has 0 aliphatic rings. The quantitative estimate of drug-likeness (QED) is 0.864. The fourth-order valence-corrected chi connectivity index (χ4v) is 1.69. The first-order chi connectivity index (χ1) is 7.33. The maximum Gasteiger partial charge on any atom is 0.136 e. The molecule has 78 valence electrons. The van der Waals surface area contributed by atoms with Gasteiger partial charge in [-0.2, -0.15) is 5.10 Å². The standard InChI is InChI=1S/C11H11ClN2O/c12-11-9(6-7-15)8-13-14(11)10-4-2-1-3-5-10/h1-5,8,15H,6-7H2. The molecule has 0 amide bonds. The summed E-state index contributed by atoms with van der Waals surface area (Å²) in [6.45, 7) is 0.0835. The Morgan fingerprint density at radius 2 is 2.00 bits per heavy atom. The third-order valence-electron chi connectivity index (χ3n) is 2.16. The summed E-state index contributed by atoms with van der Waals surface area (Å²) in [5.74, 6) is 0. The Morgan fingerprint density at radius 3 is 2.67 bits per heavy atom. The minimum absolute atomic E-state index is 0.0835. The van der Waals surface area contributed by atoms with E-state index in [0.29, 0.717) is 11.6 Å². The number of hydrogen-bond acceptors (Lipinski definition) is 2. The van der Waals surface area contributed by atoms with Crippen LogP contribution in [-0.2, 0) is 6.42 Å². The summed E-state index contributed by atoms with van der Waals surface area (Å²) in [6, 6.07) is 9.66. The van der Waals surface area contributed by atoms with E-state index in [2.05, 4.69) is 5.10 Å². The first kappa shape index (κ1) is 10.2. The molecule has 1 heterocycles. The molecule has 0 fully saturated rings. The van der Waals surface area contributed by atoms with Crippen LogP contribution in [0.1, 0.15) is 5.56 Å². The Kier molecular flexibility index (Phi) is 3.04. The second kappa shape index (κ2) is 4.47. The summed E-state index contributed by atoms with van der Waals surface area (Å²) in [4.78, 5) is 0. The number of aliphatic hydroxyl groups excluding tert-OH is 1. The molecule has 0 aliphatic heterocycles. The van der Waals surface area contributed by atoms with E-state index in [4.69, 9.17) is 16.7 Å². The van der Waals surface area contributed by atoms with Gasteiger partial charge in [0, 0.05) is 18.6 Å². The minimum atomic E-state index is 0.0835. The Balaban J connectivity index is 2.38. The maximum atomic E-state index is 8.83. The van der Waals surface area contributed by atoms with Crippen molar-refractivity contribution in [1.29, 1.82) is 0 Å². The van der Waals surface area contributed by atoms with Crippen LogP contribution in [0.25, 0.3) is 5.69 Å². The lowest BCUT2D eigenvalue weighted by atomic mass is 10.3. The number of hydrogen-bond donors (Lipinski definition) is 1. The van der Waals surface area contributed by atoms with Gasteiger partial charge in [-0.15, -0.1) is 0 Å². The molecule has 4 heteroatoms. The third-order valence-corrected chi connectivity index (χ3v) is 2.56. The van der Waals surface area contributed by atoms with Crippen LogP contribution in [0.3, 0.4) is 0 Å². The predicted molar refractivity (Wildman–Crippen MR) is 59.4 cm³/mol. The van der Waals surface area contributed by atoms with E-state index < -0.39 is 0 Å². The summed E-state index contributed by atoms with van der Waals surface area (Å²) in [7, 11) is 0. The number of aromatic nitrogens is 2. The molecular formula is C11H11ClN2O. The topological polar surface area (TPSA) is 38.1 Å². The largest absolute Gasteiger partial charge is 0.396 e. The van der Waals surface area contributed by atoms with Crippen LogP contribution >= 0.6 is 11.6 Å². The lowest BCUT2D eigenvalue weighted by Crippen LogP contribution is -1.96. The van der Waals surface area contributed by atoms with Gasteiger partial charge in [-0.3, -0.25) is 0 Å². The van der Waals surface area contributed by atoms with E-state index in [1.165, 1.54) is 0 Å². The van der Waals surface area contributed by atoms with Gasteiger partial charge in [-0.1, -0.05) is 29.8 Å². The number of nitrogens with zero attached hydrogens (tertiary/aromatic N) is 2. The van der Waals surface area contributed by atoms with Gasteiger partial charge in [0.1, 0.15) is 5.15 Å². The van der Waals surface area contributed by atoms with Crippen molar-refractivity contribution in [2.45, 2.75) is 6.42 Å². The highest BCUT2D eigenvalue weighted by Crippen LogP contribution is 2.19. The molecule has 2 rings (SSSR count). The van der Waals surface area contributed by atoms with Gasteiger partial charge in [-0.05, 0) is 12.1 Å². The first-order valence-electron chi connectivity index (χ1n) is 4.71. The Bertz CT molecular complexity index is 439. The maximum absolute atomic E-state index is 8.83. The highest BCUT2D eigenvalue weighted by molar-refractivity contribution is 6.30. The summed E-state index contributed by atoms with van der Waals surface area (Å²) in [6.07, 6.45) is 2.22. The molecule has 15 heavy (non-hydrogen) atoms. The van der Waals surface area contributed by atoms with Crippen molar-refractivity contribution in [3.63, 3.8) is 0 Å². The number of para-hydroxylation sites is 1. The molecule has 0 radical (unpaired) electrons. The summed E-state index contributed by atoms with van der Waals surface area (Å²) in [5, 5.41) is 13.6. The van der Waals surface area contributed by atoms with Crippen LogP contribution in [0, 0.1) is 0 Å². The fraction of sp³-hybridized carbons (Fsp3) is 0.182. The van der Waals surface area contributed by atoms with Gasteiger partial charge in [0.15, 0.2) is 0 Å². The number of benzene rings is 1. The van der Waals surface area contributed by atoms with E-state index in [1.54, 1.807) is 10.9 Å². The van der Waals surface area contributed by atoms with E-state index >= 15 is 0 Å². The number of halogens is 1. The van der Waals surface area contributed by atoms with Crippen molar-refractivity contribution in [2.75, 3.05) is 6.61 Å². The van der Waals surface area contributed by atoms with Crippen molar-refractivity contribution in [3.05, 3.63) is 47.2 Å². The molecule has 1 aromatic carbocycles. The van der Waals surface area contributed by atoms with Crippen LogP contribution in [-0.4, -0.2) is 21.5 Å². The van der Waals surface area contributed by atoms with Gasteiger partial charge >= 0.3 is 0 Å². The molecule has 1 aromatic heterocycles. The second-order valence-corrected chi connectivity index (χ2v) is 3.54. The summed E-state index contributed by atoms with van der Waals surface area (Å²) < 4.78 is 1.66. The Hall–Kier alpha value is -1.32. The third kappa shape index (κ3) is 2.03. The molecule has 0 unspecified atom stereocenters. The van der Waals surface area contributed by atoms with E-state index in [0.717, 1.165) is 11.3 Å². The molecule has 0 bridgehead atoms. The zero-order chi connectivity index (χ0) is 10.7. The summed E-state index contributed by atoms with van der Waals surface area (Å²) in [5.41, 5.74) is 1.79. The average molecular weight is 223 g/mol. The van der Waals surface area contributed by atoms with Gasteiger partial charge in [0.05, 0.1) is 11.9 Å². The summed E-state index contributed by atoms with van der Waals surface area (Å²) >= 11 is 6.13. The fourth-order valence-electron chi connectivity index (χ4n) is 1.40. The first-order valence-corrected chi connectivity index (χ1v) is 5.09. The van der Waals surface area contributed by atoms with Crippen LogP contribution in [0.15, 0.2) is 36.5 Å². The van der Waals surface area contributed by atoms with Crippen molar-refractivity contribution in [3.8, 4) is 5.69 Å². The van der Waals surface area contributed by atoms with Crippen LogP contribution in [0.4, 0.5) is 0 Å². The number of rotatable bonds is 3. The van der Waals surface area contributed by atoms with E-state index in [-0.39, 0.29) is 6.61 Å². The van der Waals surface area contributed by atoms with Gasteiger partial charge < -0.3 is 5.11 Å². The molecular weight excluding hydrogens is 212 g/mol. The van der Waals surface area contributed by atoms with Crippen molar-refractivity contribution < 1.29 is 5.11 Å². The second-order valence-electron chi connectivity index (χ2n) is 3.18. The normalized spacial score (nSPS) is 10.5. The van der Waals surface area contributed by atoms with E-state index in [1.807, 2.05) is 30.3 Å². The SMILES string of the molecule is OCCc1cnn(-c2ccccc2)c1Cl. The molecule has 3 nitrogen and oxygen atoms in total. The highest BCUT2D eigenvalue weighted by Gasteiger charge is 2.08. The van der Waals surface area contributed by atoms with Crippen molar-refractivity contribution >= 4 is 11.6 Å². The van der Waals surface area contributed by atoms with E-state index in [9.17, 15) is 0 Å². The van der Waals surface area contributed by atoms with Crippen LogP contribution in [0.2, 0.25) is 5.15 Å². The molecule has 0 atom stereocenters.